The fourth-order valence-electron chi connectivity index (χ4n) is 3.46. The lowest BCUT2D eigenvalue weighted by atomic mass is 10.1. The molecule has 4 aromatic rings. The number of aryl methyl sites for hydroxylation is 1. The fraction of sp³-hybridized carbons (Fsp3) is 0.259. The van der Waals surface area contributed by atoms with Gasteiger partial charge in [-0.2, -0.15) is 0 Å². The highest BCUT2D eigenvalue weighted by molar-refractivity contribution is 7.99. The van der Waals surface area contributed by atoms with Crippen LogP contribution in [-0.2, 0) is 17.9 Å². The summed E-state index contributed by atoms with van der Waals surface area (Å²) in [5, 5.41) is 9.64. The third kappa shape index (κ3) is 6.40. The van der Waals surface area contributed by atoms with Gasteiger partial charge in [0.2, 0.25) is 0 Å². The summed E-state index contributed by atoms with van der Waals surface area (Å²) >= 11 is 1.62. The number of rotatable bonds is 12. The molecular formula is C27H29N3O3S. The molecule has 176 valence electrons. The van der Waals surface area contributed by atoms with Gasteiger partial charge in [0, 0.05) is 25.0 Å². The van der Waals surface area contributed by atoms with Crippen molar-refractivity contribution in [2.45, 2.75) is 25.2 Å². The Hall–Kier alpha value is -3.29. The normalized spacial score (nSPS) is 10.9. The lowest BCUT2D eigenvalue weighted by Gasteiger charge is -2.13. The average molecular weight is 476 g/mol. The molecule has 1 aromatic heterocycles. The molecule has 1 heterocycles. The first-order chi connectivity index (χ1) is 16.7. The molecule has 0 atom stereocenters. The molecule has 0 aliphatic heterocycles. The lowest BCUT2D eigenvalue weighted by Crippen LogP contribution is -2.12. The standard InChI is InChI=1S/C27H29N3O3S/c1-21-12-14-23(15-13-21)32-18-19-34-27-29-28-26(30(27)16-17-31-2)20-33-25-11-7-6-10-24(25)22-8-4-3-5-9-22/h3-15H,16-20H2,1-2H3. The maximum absolute atomic E-state index is 6.21. The second-order valence-electron chi connectivity index (χ2n) is 7.70. The molecule has 3 aromatic carbocycles. The number of nitrogens with zero attached hydrogens (tertiary/aromatic N) is 3. The van der Waals surface area contributed by atoms with Crippen LogP contribution in [0.15, 0.2) is 84.0 Å². The predicted molar refractivity (Wildman–Crippen MR) is 136 cm³/mol. The predicted octanol–water partition coefficient (Wildman–Crippen LogP) is 5.65. The summed E-state index contributed by atoms with van der Waals surface area (Å²) in [6, 6.07) is 26.3. The number of aromatic nitrogens is 3. The topological polar surface area (TPSA) is 58.4 Å². The van der Waals surface area contributed by atoms with Gasteiger partial charge in [0.25, 0.3) is 0 Å². The zero-order valence-electron chi connectivity index (χ0n) is 19.5. The van der Waals surface area contributed by atoms with Crippen LogP contribution in [-0.4, -0.2) is 40.8 Å². The SMILES string of the molecule is COCCn1c(COc2ccccc2-c2ccccc2)nnc1SCCOc1ccc(C)cc1. The molecule has 0 aliphatic rings. The number of benzene rings is 3. The molecule has 0 aliphatic carbocycles. The zero-order chi connectivity index (χ0) is 23.6. The highest BCUT2D eigenvalue weighted by atomic mass is 32.2. The van der Waals surface area contributed by atoms with E-state index in [0.717, 1.165) is 39.4 Å². The van der Waals surface area contributed by atoms with Crippen molar-refractivity contribution in [2.24, 2.45) is 0 Å². The van der Waals surface area contributed by atoms with Crippen molar-refractivity contribution in [3.05, 3.63) is 90.3 Å². The highest BCUT2D eigenvalue weighted by Gasteiger charge is 2.14. The van der Waals surface area contributed by atoms with Crippen LogP contribution in [0.3, 0.4) is 0 Å². The van der Waals surface area contributed by atoms with E-state index >= 15 is 0 Å². The van der Waals surface area contributed by atoms with E-state index in [1.165, 1.54) is 5.56 Å². The van der Waals surface area contributed by atoms with Crippen LogP contribution in [0, 0.1) is 6.92 Å². The van der Waals surface area contributed by atoms with E-state index < -0.39 is 0 Å². The van der Waals surface area contributed by atoms with E-state index in [1.54, 1.807) is 18.9 Å². The van der Waals surface area contributed by atoms with Crippen molar-refractivity contribution >= 4 is 11.8 Å². The van der Waals surface area contributed by atoms with Gasteiger partial charge in [0.15, 0.2) is 11.0 Å². The Labute approximate surface area is 204 Å². The zero-order valence-corrected chi connectivity index (χ0v) is 20.3. The van der Waals surface area contributed by atoms with Crippen molar-refractivity contribution in [3.63, 3.8) is 0 Å². The van der Waals surface area contributed by atoms with Gasteiger partial charge >= 0.3 is 0 Å². The molecule has 0 saturated heterocycles. The minimum Gasteiger partial charge on any atom is -0.493 e. The van der Waals surface area contributed by atoms with Gasteiger partial charge in [0.05, 0.1) is 13.2 Å². The van der Waals surface area contributed by atoms with Gasteiger partial charge in [-0.3, -0.25) is 0 Å². The van der Waals surface area contributed by atoms with E-state index in [4.69, 9.17) is 14.2 Å². The number of hydrogen-bond donors (Lipinski definition) is 0. The third-order valence-corrected chi connectivity index (χ3v) is 6.18. The number of ether oxygens (including phenoxy) is 3. The quantitative estimate of drug-likeness (QED) is 0.195. The number of para-hydroxylation sites is 1. The molecular weight excluding hydrogens is 446 g/mol. The first-order valence-electron chi connectivity index (χ1n) is 11.2. The smallest absolute Gasteiger partial charge is 0.191 e. The number of methoxy groups -OCH3 is 1. The Morgan fingerprint density at radius 3 is 2.38 bits per heavy atom. The van der Waals surface area contributed by atoms with Gasteiger partial charge in [-0.25, -0.2) is 0 Å². The molecule has 0 unspecified atom stereocenters. The molecule has 7 heteroatoms. The van der Waals surface area contributed by atoms with Crippen LogP contribution in [0.1, 0.15) is 11.4 Å². The molecule has 0 fully saturated rings. The molecule has 0 N–H and O–H groups in total. The van der Waals surface area contributed by atoms with Gasteiger partial charge in [0.1, 0.15) is 18.1 Å². The molecule has 0 saturated carbocycles. The van der Waals surface area contributed by atoms with Crippen molar-refractivity contribution in [3.8, 4) is 22.6 Å². The highest BCUT2D eigenvalue weighted by Crippen LogP contribution is 2.30. The van der Waals surface area contributed by atoms with E-state index in [0.29, 0.717) is 26.4 Å². The molecule has 34 heavy (non-hydrogen) atoms. The Morgan fingerprint density at radius 1 is 0.824 bits per heavy atom. The number of hydrogen-bond acceptors (Lipinski definition) is 6. The van der Waals surface area contributed by atoms with Gasteiger partial charge in [-0.1, -0.05) is 78.0 Å². The maximum atomic E-state index is 6.21. The van der Waals surface area contributed by atoms with Gasteiger partial charge < -0.3 is 18.8 Å². The average Bonchev–Trinajstić information content (AvgIpc) is 3.27. The Morgan fingerprint density at radius 2 is 1.59 bits per heavy atom. The van der Waals surface area contributed by atoms with Crippen LogP contribution < -0.4 is 9.47 Å². The van der Waals surface area contributed by atoms with Gasteiger partial charge in [-0.05, 0) is 30.7 Å². The van der Waals surface area contributed by atoms with Crippen molar-refractivity contribution in [1.82, 2.24) is 14.8 Å². The lowest BCUT2D eigenvalue weighted by molar-refractivity contribution is 0.181. The van der Waals surface area contributed by atoms with Crippen LogP contribution in [0.4, 0.5) is 0 Å². The second kappa shape index (κ2) is 12.3. The second-order valence-corrected chi connectivity index (χ2v) is 8.77. The molecule has 0 radical (unpaired) electrons. The summed E-state index contributed by atoms with van der Waals surface area (Å²) in [5.41, 5.74) is 3.38. The molecule has 6 nitrogen and oxygen atoms in total. The van der Waals surface area contributed by atoms with Crippen LogP contribution in [0.2, 0.25) is 0 Å². The monoisotopic (exact) mass is 475 g/mol. The fourth-order valence-corrected chi connectivity index (χ4v) is 4.26. The van der Waals surface area contributed by atoms with E-state index in [9.17, 15) is 0 Å². The van der Waals surface area contributed by atoms with E-state index in [2.05, 4.69) is 39.9 Å². The minimum absolute atomic E-state index is 0.320. The Kier molecular flexibility index (Phi) is 8.60. The van der Waals surface area contributed by atoms with Gasteiger partial charge in [-0.15, -0.1) is 10.2 Å². The van der Waals surface area contributed by atoms with Crippen molar-refractivity contribution in [1.29, 1.82) is 0 Å². The van der Waals surface area contributed by atoms with E-state index in [1.807, 2.05) is 60.7 Å². The summed E-state index contributed by atoms with van der Waals surface area (Å²) in [6.07, 6.45) is 0. The van der Waals surface area contributed by atoms with Crippen LogP contribution in [0.5, 0.6) is 11.5 Å². The summed E-state index contributed by atoms with van der Waals surface area (Å²) in [6.45, 7) is 4.19. The molecule has 0 bridgehead atoms. The van der Waals surface area contributed by atoms with Crippen molar-refractivity contribution < 1.29 is 14.2 Å². The largest absolute Gasteiger partial charge is 0.493 e. The Balaban J connectivity index is 1.40. The van der Waals surface area contributed by atoms with Crippen LogP contribution in [0.25, 0.3) is 11.1 Å². The summed E-state index contributed by atoms with van der Waals surface area (Å²) < 4.78 is 19.4. The summed E-state index contributed by atoms with van der Waals surface area (Å²) in [5.74, 6) is 3.22. The molecule has 0 spiro atoms. The summed E-state index contributed by atoms with van der Waals surface area (Å²) in [7, 11) is 1.69. The molecule has 4 rings (SSSR count). The van der Waals surface area contributed by atoms with E-state index in [-0.39, 0.29) is 0 Å². The maximum Gasteiger partial charge on any atom is 0.191 e. The Bertz CT molecular complexity index is 1160. The van der Waals surface area contributed by atoms with Crippen molar-refractivity contribution in [2.75, 3.05) is 26.1 Å². The van der Waals surface area contributed by atoms with Crippen LogP contribution >= 0.6 is 11.8 Å². The third-order valence-electron chi connectivity index (χ3n) is 5.25. The first-order valence-corrected chi connectivity index (χ1v) is 12.2. The molecule has 0 amide bonds. The first kappa shape index (κ1) is 23.9. The number of thioether (sulfide) groups is 1. The summed E-state index contributed by atoms with van der Waals surface area (Å²) in [4.78, 5) is 0. The minimum atomic E-state index is 0.320.